The summed E-state index contributed by atoms with van der Waals surface area (Å²) in [5.74, 6) is -0.0293. The molecule has 102 valence electrons. The van der Waals surface area contributed by atoms with Crippen LogP contribution in [0, 0.1) is 5.41 Å². The summed E-state index contributed by atoms with van der Waals surface area (Å²) in [6, 6.07) is 16.2. The molecule has 5 nitrogen and oxygen atoms in total. The van der Waals surface area contributed by atoms with Crippen LogP contribution >= 0.6 is 0 Å². The Hall–Kier alpha value is -2.82. The molecule has 0 unspecified atom stereocenters. The summed E-state index contributed by atoms with van der Waals surface area (Å²) in [7, 11) is 0. The number of nitrogen functional groups attached to an aromatic ring is 1. The number of carbonyl (C=O) groups excluding carboxylic acids is 1. The zero-order chi connectivity index (χ0) is 14.4. The topological polar surface area (TPSA) is 91.0 Å². The van der Waals surface area contributed by atoms with Crippen LogP contribution in [-0.4, -0.2) is 11.9 Å². The van der Waals surface area contributed by atoms with E-state index in [2.05, 4.69) is 10.6 Å². The van der Waals surface area contributed by atoms with Crippen molar-refractivity contribution in [2.75, 3.05) is 5.32 Å². The normalized spacial score (nSPS) is 9.80. The molecule has 0 saturated heterocycles. The van der Waals surface area contributed by atoms with E-state index in [9.17, 15) is 4.79 Å². The Morgan fingerprint density at radius 1 is 1.10 bits per heavy atom. The number of carbonyl (C=O) groups is 1. The number of rotatable bonds is 4. The van der Waals surface area contributed by atoms with E-state index in [0.29, 0.717) is 17.8 Å². The van der Waals surface area contributed by atoms with E-state index >= 15 is 0 Å². The van der Waals surface area contributed by atoms with Crippen molar-refractivity contribution in [3.05, 3.63) is 65.7 Å². The minimum atomic E-state index is -0.297. The Morgan fingerprint density at radius 2 is 1.85 bits per heavy atom. The fourth-order valence-electron chi connectivity index (χ4n) is 1.72. The third kappa shape index (κ3) is 3.84. The van der Waals surface area contributed by atoms with E-state index in [1.165, 1.54) is 0 Å². The molecule has 2 rings (SSSR count). The summed E-state index contributed by atoms with van der Waals surface area (Å²) in [4.78, 5) is 11.8. The molecule has 0 aromatic heterocycles. The number of hydrogen-bond donors (Lipinski definition) is 4. The van der Waals surface area contributed by atoms with Gasteiger partial charge in [-0.2, -0.15) is 0 Å². The molecule has 0 bridgehead atoms. The van der Waals surface area contributed by atoms with Crippen LogP contribution in [0.5, 0.6) is 0 Å². The minimum absolute atomic E-state index is 0.0293. The highest BCUT2D eigenvalue weighted by atomic mass is 16.2. The maximum atomic E-state index is 11.8. The van der Waals surface area contributed by atoms with Crippen molar-refractivity contribution in [1.29, 1.82) is 5.41 Å². The van der Waals surface area contributed by atoms with Gasteiger partial charge in [0.05, 0.1) is 0 Å². The molecule has 5 N–H and O–H groups in total. The van der Waals surface area contributed by atoms with Gasteiger partial charge in [0.2, 0.25) is 0 Å². The molecule has 2 aromatic carbocycles. The Labute approximate surface area is 117 Å². The highest BCUT2D eigenvalue weighted by Crippen LogP contribution is 2.10. The smallest absolute Gasteiger partial charge is 0.319 e. The van der Waals surface area contributed by atoms with E-state index in [1.54, 1.807) is 24.3 Å². The molecule has 0 spiro atoms. The van der Waals surface area contributed by atoms with Gasteiger partial charge >= 0.3 is 6.03 Å². The second-order valence-electron chi connectivity index (χ2n) is 4.29. The van der Waals surface area contributed by atoms with Crippen LogP contribution in [-0.2, 0) is 6.54 Å². The van der Waals surface area contributed by atoms with Crippen LogP contribution in [0.3, 0.4) is 0 Å². The lowest BCUT2D eigenvalue weighted by molar-refractivity contribution is 0.251. The number of hydrogen-bond acceptors (Lipinski definition) is 2. The van der Waals surface area contributed by atoms with Gasteiger partial charge in [-0.15, -0.1) is 0 Å². The number of nitrogens with two attached hydrogens (primary N) is 1. The molecule has 0 atom stereocenters. The first kappa shape index (κ1) is 13.6. The quantitative estimate of drug-likeness (QED) is 0.506. The Kier molecular flexibility index (Phi) is 4.34. The van der Waals surface area contributed by atoms with Crippen molar-refractivity contribution < 1.29 is 4.79 Å². The molecule has 0 saturated carbocycles. The maximum Gasteiger partial charge on any atom is 0.319 e. The fraction of sp³-hybridized carbons (Fsp3) is 0.0667. The molecule has 0 aliphatic carbocycles. The lowest BCUT2D eigenvalue weighted by Gasteiger charge is -2.08. The second kappa shape index (κ2) is 6.38. The SMILES string of the molecule is N=C(N)c1cccc(NC(=O)NCc2ccccc2)c1. The standard InChI is InChI=1S/C15H16N4O/c16-14(17)12-7-4-8-13(9-12)19-15(20)18-10-11-5-2-1-3-6-11/h1-9H,10H2,(H3,16,17)(H2,18,19,20). The molecule has 0 aliphatic heterocycles. The molecule has 0 fully saturated rings. The third-order valence-electron chi connectivity index (χ3n) is 2.73. The minimum Gasteiger partial charge on any atom is -0.384 e. The number of benzene rings is 2. The monoisotopic (exact) mass is 268 g/mol. The number of amidine groups is 1. The first-order valence-corrected chi connectivity index (χ1v) is 6.18. The van der Waals surface area contributed by atoms with E-state index in [-0.39, 0.29) is 11.9 Å². The van der Waals surface area contributed by atoms with Crippen LogP contribution in [0.15, 0.2) is 54.6 Å². The van der Waals surface area contributed by atoms with Gasteiger partial charge < -0.3 is 16.4 Å². The van der Waals surface area contributed by atoms with Crippen LogP contribution in [0.1, 0.15) is 11.1 Å². The summed E-state index contributed by atoms with van der Waals surface area (Å²) in [6.45, 7) is 0.457. The highest BCUT2D eigenvalue weighted by molar-refractivity contribution is 5.97. The molecular formula is C15H16N4O. The maximum absolute atomic E-state index is 11.8. The van der Waals surface area contributed by atoms with Gasteiger partial charge in [0.15, 0.2) is 0 Å². The van der Waals surface area contributed by atoms with Gasteiger partial charge in [-0.1, -0.05) is 42.5 Å². The van der Waals surface area contributed by atoms with Crippen molar-refractivity contribution >= 4 is 17.6 Å². The Morgan fingerprint density at radius 3 is 2.55 bits per heavy atom. The molecule has 2 aromatic rings. The predicted molar refractivity (Wildman–Crippen MR) is 79.8 cm³/mol. The lowest BCUT2D eigenvalue weighted by Crippen LogP contribution is -2.28. The average Bonchev–Trinajstić information content (AvgIpc) is 2.46. The van der Waals surface area contributed by atoms with Gasteiger partial charge in [-0.05, 0) is 17.7 Å². The van der Waals surface area contributed by atoms with E-state index < -0.39 is 0 Å². The molecule has 0 radical (unpaired) electrons. The van der Waals surface area contributed by atoms with E-state index in [4.69, 9.17) is 11.1 Å². The first-order valence-electron chi connectivity index (χ1n) is 6.18. The number of nitrogens with one attached hydrogen (secondary N) is 3. The summed E-state index contributed by atoms with van der Waals surface area (Å²) in [6.07, 6.45) is 0. The van der Waals surface area contributed by atoms with Crippen molar-refractivity contribution in [2.24, 2.45) is 5.73 Å². The Bertz CT molecular complexity index is 610. The third-order valence-corrected chi connectivity index (χ3v) is 2.73. The summed E-state index contributed by atoms with van der Waals surface area (Å²) < 4.78 is 0. The zero-order valence-electron chi connectivity index (χ0n) is 10.9. The van der Waals surface area contributed by atoms with Gasteiger partial charge in [-0.3, -0.25) is 5.41 Å². The molecule has 5 heteroatoms. The second-order valence-corrected chi connectivity index (χ2v) is 4.29. The van der Waals surface area contributed by atoms with E-state index in [1.807, 2.05) is 30.3 Å². The fourth-order valence-corrected chi connectivity index (χ4v) is 1.72. The number of urea groups is 1. The van der Waals surface area contributed by atoms with Crippen LogP contribution < -0.4 is 16.4 Å². The largest absolute Gasteiger partial charge is 0.384 e. The van der Waals surface area contributed by atoms with Crippen molar-refractivity contribution in [3.63, 3.8) is 0 Å². The van der Waals surface area contributed by atoms with Gasteiger partial charge in [0.25, 0.3) is 0 Å². The molecule has 2 amide bonds. The van der Waals surface area contributed by atoms with Gasteiger partial charge in [0.1, 0.15) is 5.84 Å². The first-order chi connectivity index (χ1) is 9.65. The van der Waals surface area contributed by atoms with Crippen LogP contribution in [0.25, 0.3) is 0 Å². The lowest BCUT2D eigenvalue weighted by atomic mass is 10.2. The van der Waals surface area contributed by atoms with E-state index in [0.717, 1.165) is 5.56 Å². The summed E-state index contributed by atoms with van der Waals surface area (Å²) in [5, 5.41) is 12.8. The summed E-state index contributed by atoms with van der Waals surface area (Å²) in [5.41, 5.74) is 7.61. The molecule has 0 heterocycles. The van der Waals surface area contributed by atoms with Crippen molar-refractivity contribution in [3.8, 4) is 0 Å². The van der Waals surface area contributed by atoms with Crippen molar-refractivity contribution in [2.45, 2.75) is 6.54 Å². The zero-order valence-corrected chi connectivity index (χ0v) is 10.9. The molecule has 20 heavy (non-hydrogen) atoms. The average molecular weight is 268 g/mol. The highest BCUT2D eigenvalue weighted by Gasteiger charge is 2.03. The van der Waals surface area contributed by atoms with Crippen molar-refractivity contribution in [1.82, 2.24) is 5.32 Å². The Balaban J connectivity index is 1.91. The number of amides is 2. The molecular weight excluding hydrogens is 252 g/mol. The van der Waals surface area contributed by atoms with Gasteiger partial charge in [-0.25, -0.2) is 4.79 Å². The van der Waals surface area contributed by atoms with Crippen LogP contribution in [0.4, 0.5) is 10.5 Å². The number of anilines is 1. The molecule has 0 aliphatic rings. The van der Waals surface area contributed by atoms with Gasteiger partial charge in [0, 0.05) is 17.8 Å². The van der Waals surface area contributed by atoms with Crippen LogP contribution in [0.2, 0.25) is 0 Å². The predicted octanol–water partition coefficient (Wildman–Crippen LogP) is 2.29. The summed E-state index contributed by atoms with van der Waals surface area (Å²) >= 11 is 0.